The predicted octanol–water partition coefficient (Wildman–Crippen LogP) is 0.604. The minimum Gasteiger partial charge on any atom is -0.350 e. The van der Waals surface area contributed by atoms with Gasteiger partial charge in [0.1, 0.15) is 6.54 Å². The van der Waals surface area contributed by atoms with Gasteiger partial charge in [-0.1, -0.05) is 12.1 Å². The molecule has 2 rings (SSSR count). The molecule has 6 heteroatoms. The van der Waals surface area contributed by atoms with E-state index in [2.05, 4.69) is 10.3 Å². The van der Waals surface area contributed by atoms with Gasteiger partial charge >= 0.3 is 11.1 Å². The zero-order chi connectivity index (χ0) is 14.9. The van der Waals surface area contributed by atoms with Gasteiger partial charge in [-0.25, -0.2) is 0 Å². The lowest BCUT2D eigenvalue weighted by molar-refractivity contribution is -0.123. The van der Waals surface area contributed by atoms with Crippen LogP contribution < -0.4 is 16.4 Å². The van der Waals surface area contributed by atoms with Crippen LogP contribution in [0, 0.1) is 0 Å². The quantitative estimate of drug-likeness (QED) is 0.787. The Hall–Kier alpha value is -2.37. The van der Waals surface area contributed by atoms with Crippen LogP contribution in [0.1, 0.15) is 20.8 Å². The van der Waals surface area contributed by atoms with Crippen LogP contribution in [0.3, 0.4) is 0 Å². The van der Waals surface area contributed by atoms with Crippen molar-refractivity contribution in [3.8, 4) is 0 Å². The van der Waals surface area contributed by atoms with Crippen molar-refractivity contribution in [1.29, 1.82) is 0 Å². The van der Waals surface area contributed by atoms with Crippen molar-refractivity contribution in [3.05, 3.63) is 45.0 Å². The molecule has 2 N–H and O–H groups in total. The van der Waals surface area contributed by atoms with E-state index >= 15 is 0 Å². The Balaban J connectivity index is 2.49. The number of para-hydroxylation sites is 2. The summed E-state index contributed by atoms with van der Waals surface area (Å²) in [6, 6.07) is 6.88. The average Bonchev–Trinajstić information content (AvgIpc) is 2.32. The molecule has 1 amide bonds. The van der Waals surface area contributed by atoms with Crippen molar-refractivity contribution < 1.29 is 4.79 Å². The third-order valence-electron chi connectivity index (χ3n) is 2.70. The molecule has 0 saturated heterocycles. The van der Waals surface area contributed by atoms with Crippen LogP contribution in [0.2, 0.25) is 0 Å². The Kier molecular flexibility index (Phi) is 3.48. The van der Waals surface area contributed by atoms with Gasteiger partial charge in [0.15, 0.2) is 0 Å². The monoisotopic (exact) mass is 275 g/mol. The standard InChI is InChI=1S/C14H17N3O3/c1-14(2,3)16-11(18)8-17-10-7-5-4-6-9(10)15-12(19)13(17)20/h4-7H,8H2,1-3H3,(H,15,19)(H,16,18). The fourth-order valence-corrected chi connectivity index (χ4v) is 1.98. The molecule has 0 saturated carbocycles. The van der Waals surface area contributed by atoms with E-state index in [9.17, 15) is 14.4 Å². The fourth-order valence-electron chi connectivity index (χ4n) is 1.98. The molecular formula is C14H17N3O3. The highest BCUT2D eigenvalue weighted by Crippen LogP contribution is 2.07. The van der Waals surface area contributed by atoms with Crippen LogP contribution in [0.15, 0.2) is 33.9 Å². The van der Waals surface area contributed by atoms with Gasteiger partial charge in [-0.05, 0) is 32.9 Å². The molecule has 20 heavy (non-hydrogen) atoms. The molecule has 1 aromatic carbocycles. The highest BCUT2D eigenvalue weighted by molar-refractivity contribution is 5.80. The van der Waals surface area contributed by atoms with Gasteiger partial charge in [-0.2, -0.15) is 0 Å². The number of nitrogens with one attached hydrogen (secondary N) is 2. The molecule has 106 valence electrons. The molecule has 1 heterocycles. The first-order chi connectivity index (χ1) is 9.28. The van der Waals surface area contributed by atoms with E-state index in [1.807, 2.05) is 20.8 Å². The minimum absolute atomic E-state index is 0.180. The molecular weight excluding hydrogens is 258 g/mol. The molecule has 0 aliphatic heterocycles. The van der Waals surface area contributed by atoms with Gasteiger partial charge in [0.05, 0.1) is 11.0 Å². The lowest BCUT2D eigenvalue weighted by atomic mass is 10.1. The second kappa shape index (κ2) is 4.96. The van der Waals surface area contributed by atoms with Crippen molar-refractivity contribution in [2.75, 3.05) is 0 Å². The molecule has 0 spiro atoms. The first kappa shape index (κ1) is 14.0. The maximum Gasteiger partial charge on any atom is 0.317 e. The molecule has 0 atom stereocenters. The van der Waals surface area contributed by atoms with Crippen LogP contribution in [0.5, 0.6) is 0 Å². The Morgan fingerprint density at radius 3 is 2.55 bits per heavy atom. The van der Waals surface area contributed by atoms with Crippen molar-refractivity contribution in [2.24, 2.45) is 0 Å². The first-order valence-corrected chi connectivity index (χ1v) is 6.31. The van der Waals surface area contributed by atoms with Gasteiger partial charge in [0.25, 0.3) is 0 Å². The SMILES string of the molecule is CC(C)(C)NC(=O)Cn1c(=O)c(=O)[nH]c2ccccc21. The fraction of sp³-hybridized carbons (Fsp3) is 0.357. The average molecular weight is 275 g/mol. The van der Waals surface area contributed by atoms with E-state index in [0.29, 0.717) is 11.0 Å². The largest absolute Gasteiger partial charge is 0.350 e. The number of carbonyl (C=O) groups is 1. The van der Waals surface area contributed by atoms with E-state index in [4.69, 9.17) is 0 Å². The topological polar surface area (TPSA) is 84.0 Å². The van der Waals surface area contributed by atoms with Crippen molar-refractivity contribution in [2.45, 2.75) is 32.9 Å². The van der Waals surface area contributed by atoms with Gasteiger partial charge in [0.2, 0.25) is 5.91 Å². The number of amides is 1. The normalized spacial score (nSPS) is 11.6. The minimum atomic E-state index is -0.729. The summed E-state index contributed by atoms with van der Waals surface area (Å²) in [5, 5.41) is 2.77. The lowest BCUT2D eigenvalue weighted by Crippen LogP contribution is -2.45. The van der Waals surface area contributed by atoms with Crippen LogP contribution >= 0.6 is 0 Å². The molecule has 6 nitrogen and oxygen atoms in total. The van der Waals surface area contributed by atoms with Gasteiger partial charge in [-0.3, -0.25) is 19.0 Å². The molecule has 0 bridgehead atoms. The van der Waals surface area contributed by atoms with Crippen LogP contribution in [0.4, 0.5) is 0 Å². The predicted molar refractivity (Wildman–Crippen MR) is 76.7 cm³/mol. The number of nitrogens with zero attached hydrogens (tertiary/aromatic N) is 1. The summed E-state index contributed by atoms with van der Waals surface area (Å²) >= 11 is 0. The van der Waals surface area contributed by atoms with Gasteiger partial charge in [0, 0.05) is 5.54 Å². The van der Waals surface area contributed by atoms with Crippen molar-refractivity contribution in [1.82, 2.24) is 14.9 Å². The molecule has 0 aliphatic rings. The molecule has 2 aromatic rings. The summed E-state index contributed by atoms with van der Waals surface area (Å²) in [4.78, 5) is 38.0. The van der Waals surface area contributed by atoms with Crippen LogP contribution in [0.25, 0.3) is 11.0 Å². The summed E-state index contributed by atoms with van der Waals surface area (Å²) < 4.78 is 1.19. The van der Waals surface area contributed by atoms with E-state index < -0.39 is 16.7 Å². The number of hydrogen-bond donors (Lipinski definition) is 2. The van der Waals surface area contributed by atoms with Crippen molar-refractivity contribution >= 4 is 16.9 Å². The number of rotatable bonds is 2. The van der Waals surface area contributed by atoms with Crippen molar-refractivity contribution in [3.63, 3.8) is 0 Å². The number of fused-ring (bicyclic) bond motifs is 1. The number of carbonyl (C=O) groups excluding carboxylic acids is 1. The van der Waals surface area contributed by atoms with E-state index in [1.165, 1.54) is 4.57 Å². The third-order valence-corrected chi connectivity index (χ3v) is 2.70. The highest BCUT2D eigenvalue weighted by atomic mass is 16.2. The summed E-state index contributed by atoms with van der Waals surface area (Å²) in [6.07, 6.45) is 0. The Labute approximate surface area is 115 Å². The Morgan fingerprint density at radius 1 is 1.25 bits per heavy atom. The lowest BCUT2D eigenvalue weighted by Gasteiger charge is -2.21. The number of H-pyrrole nitrogens is 1. The molecule has 0 aliphatic carbocycles. The number of hydrogen-bond acceptors (Lipinski definition) is 3. The molecule has 0 fully saturated rings. The first-order valence-electron chi connectivity index (χ1n) is 6.31. The van der Waals surface area contributed by atoms with Gasteiger partial charge in [-0.15, -0.1) is 0 Å². The van der Waals surface area contributed by atoms with Gasteiger partial charge < -0.3 is 10.3 Å². The molecule has 0 unspecified atom stereocenters. The summed E-state index contributed by atoms with van der Waals surface area (Å²) in [5.41, 5.74) is -0.792. The smallest absolute Gasteiger partial charge is 0.317 e. The zero-order valence-electron chi connectivity index (χ0n) is 11.7. The summed E-state index contributed by atoms with van der Waals surface area (Å²) in [5.74, 6) is -0.310. The van der Waals surface area contributed by atoms with E-state index in [0.717, 1.165) is 0 Å². The maximum atomic E-state index is 12.0. The van der Waals surface area contributed by atoms with E-state index in [1.54, 1.807) is 24.3 Å². The third kappa shape index (κ3) is 2.96. The molecule has 0 radical (unpaired) electrons. The van der Waals surface area contributed by atoms with Crippen LogP contribution in [-0.2, 0) is 11.3 Å². The zero-order valence-corrected chi connectivity index (χ0v) is 11.7. The molecule has 1 aromatic heterocycles. The summed E-state index contributed by atoms with van der Waals surface area (Å²) in [6.45, 7) is 5.37. The second-order valence-electron chi connectivity index (χ2n) is 5.66. The maximum absolute atomic E-state index is 12.0. The Bertz CT molecular complexity index is 766. The van der Waals surface area contributed by atoms with Crippen LogP contribution in [-0.4, -0.2) is 21.0 Å². The van der Waals surface area contributed by atoms with E-state index in [-0.39, 0.29) is 12.5 Å². The Morgan fingerprint density at radius 2 is 1.90 bits per heavy atom. The number of aromatic amines is 1. The summed E-state index contributed by atoms with van der Waals surface area (Å²) in [7, 11) is 0. The number of benzene rings is 1. The highest BCUT2D eigenvalue weighted by Gasteiger charge is 2.16. The second-order valence-corrected chi connectivity index (χ2v) is 5.66. The number of aromatic nitrogens is 2.